The van der Waals surface area contributed by atoms with Crippen molar-refractivity contribution < 1.29 is 28.2 Å². The van der Waals surface area contributed by atoms with Gasteiger partial charge < -0.3 is 10.2 Å². The third-order valence-electron chi connectivity index (χ3n) is 6.98. The van der Waals surface area contributed by atoms with Crippen molar-refractivity contribution in [2.45, 2.75) is 29.3 Å². The van der Waals surface area contributed by atoms with E-state index in [9.17, 15) is 28.2 Å². The smallest absolute Gasteiger partial charge is 0.338 e. The van der Waals surface area contributed by atoms with E-state index in [1.807, 2.05) is 18.2 Å². The molecule has 0 amide bonds. The quantitative estimate of drug-likeness (QED) is 0.287. The molecule has 2 atom stereocenters. The normalized spacial score (nSPS) is 18.7. The number of aromatic carboxylic acids is 1. The third kappa shape index (κ3) is 5.06. The Balaban J connectivity index is 1.51. The van der Waals surface area contributed by atoms with Crippen LogP contribution in [-0.4, -0.2) is 56.7 Å². The summed E-state index contributed by atoms with van der Waals surface area (Å²) < 4.78 is 30.4. The summed E-state index contributed by atoms with van der Waals surface area (Å²) >= 11 is 5.97. The van der Waals surface area contributed by atoms with E-state index in [2.05, 4.69) is 5.10 Å². The number of hydrogen-bond donors (Lipinski definition) is 2. The minimum atomic E-state index is -4.29. The van der Waals surface area contributed by atoms with E-state index >= 15 is 0 Å². The number of nitrogens with zero attached hydrogens (tertiary/aromatic N) is 3. The number of hydrogen-bond acceptors (Lipinski definition) is 5. The minimum absolute atomic E-state index is 0.0358. The Morgan fingerprint density at radius 3 is 2.15 bits per heavy atom. The van der Waals surface area contributed by atoms with Crippen LogP contribution in [0, 0.1) is 0 Å². The van der Waals surface area contributed by atoms with Crippen molar-refractivity contribution in [2.24, 2.45) is 0 Å². The van der Waals surface area contributed by atoms with Crippen LogP contribution < -0.4 is 0 Å². The van der Waals surface area contributed by atoms with Crippen LogP contribution in [0.4, 0.5) is 0 Å². The van der Waals surface area contributed by atoms with Crippen molar-refractivity contribution in [3.63, 3.8) is 0 Å². The molecule has 0 bridgehead atoms. The second-order valence-corrected chi connectivity index (χ2v) is 11.6. The van der Waals surface area contributed by atoms with Crippen molar-refractivity contribution >= 4 is 33.6 Å². The molecule has 4 aromatic rings. The van der Waals surface area contributed by atoms with Gasteiger partial charge in [0, 0.05) is 23.7 Å². The number of carboxylic acid groups (broad SMARTS) is 2. The van der Waals surface area contributed by atoms with Gasteiger partial charge in [-0.1, -0.05) is 66.2 Å². The highest BCUT2D eigenvalue weighted by atomic mass is 35.5. The van der Waals surface area contributed by atoms with Crippen molar-refractivity contribution in [2.75, 3.05) is 6.54 Å². The monoisotopic (exact) mass is 565 g/mol. The fourth-order valence-corrected chi connectivity index (χ4v) is 6.75. The van der Waals surface area contributed by atoms with E-state index < -0.39 is 33.4 Å². The lowest BCUT2D eigenvalue weighted by Crippen LogP contribution is -2.49. The van der Waals surface area contributed by atoms with Crippen molar-refractivity contribution in [3.05, 3.63) is 107 Å². The lowest BCUT2D eigenvalue weighted by molar-refractivity contribution is -0.143. The standard InChI is InChI=1S/C28H24ClN3O6S/c29-23-10-6-19(7-11-23)20-8-12-24(13-9-20)39(37,38)32(15-14-31-18-22(17-30-31)26(33)34)28(27(35)36)16-25(28)21-4-2-1-3-5-21/h1-13,17-18,25H,14-16H2,(H,33,34)(H,35,36). The molecule has 0 saturated heterocycles. The number of sulfonamides is 1. The van der Waals surface area contributed by atoms with Crippen LogP contribution in [0.1, 0.15) is 28.3 Å². The first-order valence-electron chi connectivity index (χ1n) is 12.1. The van der Waals surface area contributed by atoms with E-state index in [0.717, 1.165) is 27.2 Å². The molecule has 39 heavy (non-hydrogen) atoms. The molecule has 1 aromatic heterocycles. The van der Waals surface area contributed by atoms with Gasteiger partial charge in [-0.25, -0.2) is 13.2 Å². The van der Waals surface area contributed by atoms with Gasteiger partial charge in [-0.2, -0.15) is 9.40 Å². The Morgan fingerprint density at radius 1 is 0.974 bits per heavy atom. The zero-order chi connectivity index (χ0) is 27.8. The molecule has 2 unspecified atom stereocenters. The number of carboxylic acids is 2. The van der Waals surface area contributed by atoms with Gasteiger partial charge in [0.25, 0.3) is 0 Å². The maximum Gasteiger partial charge on any atom is 0.338 e. The zero-order valence-corrected chi connectivity index (χ0v) is 22.1. The summed E-state index contributed by atoms with van der Waals surface area (Å²) in [7, 11) is -4.29. The summed E-state index contributed by atoms with van der Waals surface area (Å²) in [6, 6.07) is 22.3. The molecule has 0 aliphatic heterocycles. The molecule has 1 aliphatic rings. The zero-order valence-electron chi connectivity index (χ0n) is 20.5. The molecule has 0 radical (unpaired) electrons. The second-order valence-electron chi connectivity index (χ2n) is 9.30. The molecule has 11 heteroatoms. The van der Waals surface area contributed by atoms with E-state index in [4.69, 9.17) is 11.6 Å². The fourth-order valence-electron chi connectivity index (χ4n) is 4.86. The molecule has 200 valence electrons. The molecular formula is C28H24ClN3O6S. The maximum absolute atomic E-state index is 14.0. The molecule has 9 nitrogen and oxygen atoms in total. The van der Waals surface area contributed by atoms with Gasteiger partial charge in [0.2, 0.25) is 10.0 Å². The van der Waals surface area contributed by atoms with Crippen molar-refractivity contribution in [3.8, 4) is 11.1 Å². The molecule has 1 fully saturated rings. The molecule has 0 spiro atoms. The van der Waals surface area contributed by atoms with Crippen LogP contribution in [-0.2, 0) is 21.4 Å². The SMILES string of the molecule is O=C(O)c1cnn(CCN(C2(C(=O)O)CC2c2ccccc2)S(=O)(=O)c2ccc(-c3ccc(Cl)cc3)cc2)c1. The number of aromatic nitrogens is 2. The fraction of sp³-hybridized carbons (Fsp3) is 0.179. The van der Waals surface area contributed by atoms with Crippen molar-refractivity contribution in [1.29, 1.82) is 0 Å². The first kappa shape index (κ1) is 26.6. The van der Waals surface area contributed by atoms with Crippen LogP contribution in [0.25, 0.3) is 11.1 Å². The molecular weight excluding hydrogens is 542 g/mol. The van der Waals surface area contributed by atoms with E-state index in [0.29, 0.717) is 5.02 Å². The van der Waals surface area contributed by atoms with Crippen LogP contribution in [0.15, 0.2) is 96.2 Å². The molecule has 2 N–H and O–H groups in total. The maximum atomic E-state index is 14.0. The Kier molecular flexibility index (Phi) is 7.02. The molecule has 1 heterocycles. The number of rotatable bonds is 10. The predicted octanol–water partition coefficient (Wildman–Crippen LogP) is 4.60. The number of carbonyl (C=O) groups is 2. The summed E-state index contributed by atoms with van der Waals surface area (Å²) in [5, 5.41) is 24.2. The summed E-state index contributed by atoms with van der Waals surface area (Å²) in [5.41, 5.74) is 0.602. The molecule has 5 rings (SSSR count). The summed E-state index contributed by atoms with van der Waals surface area (Å²) in [5.74, 6) is -2.96. The molecule has 1 saturated carbocycles. The third-order valence-corrected chi connectivity index (χ3v) is 9.19. The van der Waals surface area contributed by atoms with Crippen LogP contribution >= 0.6 is 11.6 Å². The lowest BCUT2D eigenvalue weighted by Gasteiger charge is -2.29. The van der Waals surface area contributed by atoms with Gasteiger partial charge in [0.15, 0.2) is 0 Å². The van der Waals surface area contributed by atoms with Gasteiger partial charge in [-0.3, -0.25) is 9.48 Å². The van der Waals surface area contributed by atoms with E-state index in [1.165, 1.54) is 23.0 Å². The first-order chi connectivity index (χ1) is 18.6. The largest absolute Gasteiger partial charge is 0.480 e. The second kappa shape index (κ2) is 10.3. The highest BCUT2D eigenvalue weighted by Crippen LogP contribution is 2.57. The van der Waals surface area contributed by atoms with Gasteiger partial charge in [-0.15, -0.1) is 0 Å². The average Bonchev–Trinajstić information content (AvgIpc) is 3.50. The molecule has 1 aliphatic carbocycles. The lowest BCUT2D eigenvalue weighted by atomic mass is 10.1. The van der Waals surface area contributed by atoms with Crippen molar-refractivity contribution in [1.82, 2.24) is 14.1 Å². The van der Waals surface area contributed by atoms with Gasteiger partial charge in [0.1, 0.15) is 5.54 Å². The summed E-state index contributed by atoms with van der Waals surface area (Å²) in [6.45, 7) is -0.260. The first-order valence-corrected chi connectivity index (χ1v) is 13.9. The van der Waals surface area contributed by atoms with E-state index in [-0.39, 0.29) is 30.0 Å². The Labute approximate surface area is 229 Å². The topological polar surface area (TPSA) is 130 Å². The number of aliphatic carboxylic acids is 1. The number of halogens is 1. The Morgan fingerprint density at radius 2 is 1.59 bits per heavy atom. The Bertz CT molecular complexity index is 1620. The highest BCUT2D eigenvalue weighted by Gasteiger charge is 2.67. The van der Waals surface area contributed by atoms with Crippen LogP contribution in [0.3, 0.4) is 0 Å². The van der Waals surface area contributed by atoms with Gasteiger partial charge in [0.05, 0.1) is 23.2 Å². The van der Waals surface area contributed by atoms with Gasteiger partial charge in [-0.05, 0) is 47.4 Å². The summed E-state index contributed by atoms with van der Waals surface area (Å²) in [6.07, 6.45) is 2.55. The van der Waals surface area contributed by atoms with Crippen LogP contribution in [0.2, 0.25) is 5.02 Å². The van der Waals surface area contributed by atoms with Crippen LogP contribution in [0.5, 0.6) is 0 Å². The molecule has 3 aromatic carbocycles. The van der Waals surface area contributed by atoms with E-state index in [1.54, 1.807) is 48.5 Å². The minimum Gasteiger partial charge on any atom is -0.480 e. The Hall–Kier alpha value is -3.99. The van der Waals surface area contributed by atoms with Gasteiger partial charge >= 0.3 is 11.9 Å². The number of benzene rings is 3. The summed E-state index contributed by atoms with van der Waals surface area (Å²) in [4.78, 5) is 23.9. The average molecular weight is 566 g/mol. The predicted molar refractivity (Wildman–Crippen MR) is 144 cm³/mol. The highest BCUT2D eigenvalue weighted by molar-refractivity contribution is 7.89.